The second-order valence-corrected chi connectivity index (χ2v) is 4.01. The molecule has 0 spiro atoms. The summed E-state index contributed by atoms with van der Waals surface area (Å²) in [5.74, 6) is 1.86. The summed E-state index contributed by atoms with van der Waals surface area (Å²) in [5.41, 5.74) is 1.65. The Morgan fingerprint density at radius 1 is 1.21 bits per heavy atom. The lowest BCUT2D eigenvalue weighted by molar-refractivity contribution is 0.397. The lowest BCUT2D eigenvalue weighted by Gasteiger charge is -2.07. The molecule has 0 aliphatic rings. The molecule has 0 saturated heterocycles. The van der Waals surface area contributed by atoms with Gasteiger partial charge in [0, 0.05) is 24.9 Å². The summed E-state index contributed by atoms with van der Waals surface area (Å²) in [4.78, 5) is 17.1. The first-order valence-corrected chi connectivity index (χ1v) is 6.19. The van der Waals surface area contributed by atoms with Crippen LogP contribution in [0.2, 0.25) is 0 Å². The van der Waals surface area contributed by atoms with Crippen LogP contribution in [0.25, 0.3) is 11.5 Å². The summed E-state index contributed by atoms with van der Waals surface area (Å²) in [6, 6.07) is 3.68. The van der Waals surface area contributed by atoms with Gasteiger partial charge in [-0.25, -0.2) is 19.9 Å². The number of hydrogen-bond donors (Lipinski definition) is 1. The van der Waals surface area contributed by atoms with E-state index in [0.29, 0.717) is 17.4 Å². The summed E-state index contributed by atoms with van der Waals surface area (Å²) in [5, 5.41) is 3.04. The van der Waals surface area contributed by atoms with E-state index in [0.717, 1.165) is 24.4 Å². The summed E-state index contributed by atoms with van der Waals surface area (Å²) >= 11 is 0. The zero-order valence-electron chi connectivity index (χ0n) is 11.3. The first-order valence-electron chi connectivity index (χ1n) is 6.19. The smallest absolute Gasteiger partial charge is 0.216 e. The van der Waals surface area contributed by atoms with Crippen molar-refractivity contribution in [3.05, 3.63) is 24.2 Å². The van der Waals surface area contributed by atoms with Crippen LogP contribution in [0.3, 0.4) is 0 Å². The highest BCUT2D eigenvalue weighted by molar-refractivity contribution is 5.53. The van der Waals surface area contributed by atoms with Gasteiger partial charge in [0.05, 0.1) is 7.11 Å². The highest BCUT2D eigenvalue weighted by Crippen LogP contribution is 2.19. The first-order chi connectivity index (χ1) is 9.26. The van der Waals surface area contributed by atoms with Crippen molar-refractivity contribution in [3.63, 3.8) is 0 Å². The van der Waals surface area contributed by atoms with Crippen molar-refractivity contribution in [1.82, 2.24) is 19.9 Å². The van der Waals surface area contributed by atoms with E-state index in [-0.39, 0.29) is 0 Å². The molecule has 2 aromatic heterocycles. The van der Waals surface area contributed by atoms with Crippen LogP contribution in [0.5, 0.6) is 5.88 Å². The minimum atomic E-state index is 0.500. The fourth-order valence-corrected chi connectivity index (χ4v) is 1.70. The van der Waals surface area contributed by atoms with E-state index in [1.165, 1.54) is 6.33 Å². The second-order valence-electron chi connectivity index (χ2n) is 4.01. The summed E-state index contributed by atoms with van der Waals surface area (Å²) < 4.78 is 5.09. The molecule has 0 saturated carbocycles. The van der Waals surface area contributed by atoms with E-state index >= 15 is 0 Å². The zero-order chi connectivity index (χ0) is 13.7. The van der Waals surface area contributed by atoms with Gasteiger partial charge in [0.15, 0.2) is 5.82 Å². The number of methoxy groups -OCH3 is 1. The Bertz CT molecular complexity index is 558. The SMILES string of the molecule is CCCc1cc(NC)nc(-c2cc(OC)ncn2)n1. The van der Waals surface area contributed by atoms with Gasteiger partial charge in [-0.05, 0) is 6.42 Å². The Kier molecular flexibility index (Phi) is 4.22. The molecule has 1 N–H and O–H groups in total. The number of nitrogens with zero attached hydrogens (tertiary/aromatic N) is 4. The number of aromatic nitrogens is 4. The molecule has 2 rings (SSSR count). The summed E-state index contributed by atoms with van der Waals surface area (Å²) in [7, 11) is 3.40. The average molecular weight is 259 g/mol. The number of anilines is 1. The zero-order valence-corrected chi connectivity index (χ0v) is 11.3. The van der Waals surface area contributed by atoms with Crippen LogP contribution in [-0.2, 0) is 6.42 Å². The molecule has 6 heteroatoms. The molecule has 0 bridgehead atoms. The third kappa shape index (κ3) is 3.15. The lowest BCUT2D eigenvalue weighted by atomic mass is 10.2. The predicted molar refractivity (Wildman–Crippen MR) is 73.2 cm³/mol. The largest absolute Gasteiger partial charge is 0.481 e. The lowest BCUT2D eigenvalue weighted by Crippen LogP contribution is -2.02. The predicted octanol–water partition coefficient (Wildman–Crippen LogP) is 1.94. The maximum absolute atomic E-state index is 5.09. The average Bonchev–Trinajstić information content (AvgIpc) is 2.47. The fourth-order valence-electron chi connectivity index (χ4n) is 1.70. The molecule has 0 radical (unpaired) electrons. The molecule has 0 aromatic carbocycles. The van der Waals surface area contributed by atoms with Crippen LogP contribution in [-0.4, -0.2) is 34.1 Å². The Morgan fingerprint density at radius 3 is 2.74 bits per heavy atom. The number of nitrogens with one attached hydrogen (secondary N) is 1. The molecule has 0 unspecified atom stereocenters. The third-order valence-electron chi connectivity index (χ3n) is 2.62. The molecule has 0 aliphatic heterocycles. The Labute approximate surface area is 112 Å². The minimum Gasteiger partial charge on any atom is -0.481 e. The molecule has 0 amide bonds. The van der Waals surface area contributed by atoms with Crippen molar-refractivity contribution in [2.24, 2.45) is 0 Å². The van der Waals surface area contributed by atoms with Gasteiger partial charge in [0.2, 0.25) is 5.88 Å². The van der Waals surface area contributed by atoms with E-state index < -0.39 is 0 Å². The number of ether oxygens (including phenoxy) is 1. The van der Waals surface area contributed by atoms with Crippen LogP contribution in [0.4, 0.5) is 5.82 Å². The molecule has 19 heavy (non-hydrogen) atoms. The molecule has 0 aliphatic carbocycles. The van der Waals surface area contributed by atoms with Gasteiger partial charge in [-0.2, -0.15) is 0 Å². The highest BCUT2D eigenvalue weighted by Gasteiger charge is 2.08. The molecule has 0 atom stereocenters. The van der Waals surface area contributed by atoms with E-state index in [1.54, 1.807) is 13.2 Å². The topological polar surface area (TPSA) is 72.8 Å². The Morgan fingerprint density at radius 2 is 2.05 bits per heavy atom. The minimum absolute atomic E-state index is 0.500. The number of rotatable bonds is 5. The van der Waals surface area contributed by atoms with Crippen LogP contribution in [0.1, 0.15) is 19.0 Å². The van der Waals surface area contributed by atoms with Crippen molar-refractivity contribution in [2.45, 2.75) is 19.8 Å². The van der Waals surface area contributed by atoms with Crippen LogP contribution in [0, 0.1) is 0 Å². The Balaban J connectivity index is 2.44. The quantitative estimate of drug-likeness (QED) is 0.884. The number of aryl methyl sites for hydroxylation is 1. The maximum atomic E-state index is 5.09. The first kappa shape index (κ1) is 13.2. The molecule has 100 valence electrons. The molecular formula is C13H17N5O. The fraction of sp³-hybridized carbons (Fsp3) is 0.385. The van der Waals surface area contributed by atoms with Gasteiger partial charge in [0.1, 0.15) is 17.8 Å². The van der Waals surface area contributed by atoms with Crippen molar-refractivity contribution >= 4 is 5.82 Å². The van der Waals surface area contributed by atoms with Crippen LogP contribution >= 0.6 is 0 Å². The molecular weight excluding hydrogens is 242 g/mol. The molecule has 0 fully saturated rings. The van der Waals surface area contributed by atoms with Gasteiger partial charge in [-0.15, -0.1) is 0 Å². The van der Waals surface area contributed by atoms with Crippen molar-refractivity contribution < 1.29 is 4.74 Å². The number of hydrogen-bond acceptors (Lipinski definition) is 6. The van der Waals surface area contributed by atoms with E-state index in [9.17, 15) is 0 Å². The van der Waals surface area contributed by atoms with Gasteiger partial charge >= 0.3 is 0 Å². The monoisotopic (exact) mass is 259 g/mol. The van der Waals surface area contributed by atoms with Crippen LogP contribution in [0.15, 0.2) is 18.5 Å². The maximum Gasteiger partial charge on any atom is 0.216 e. The van der Waals surface area contributed by atoms with E-state index in [4.69, 9.17) is 4.74 Å². The highest BCUT2D eigenvalue weighted by atomic mass is 16.5. The normalized spacial score (nSPS) is 10.3. The van der Waals surface area contributed by atoms with Gasteiger partial charge in [-0.3, -0.25) is 0 Å². The summed E-state index contributed by atoms with van der Waals surface area (Å²) in [6.45, 7) is 2.12. The van der Waals surface area contributed by atoms with E-state index in [2.05, 4.69) is 32.2 Å². The summed E-state index contributed by atoms with van der Waals surface area (Å²) in [6.07, 6.45) is 3.39. The second kappa shape index (κ2) is 6.08. The molecule has 6 nitrogen and oxygen atoms in total. The van der Waals surface area contributed by atoms with E-state index in [1.807, 2.05) is 13.1 Å². The standard InChI is InChI=1S/C13H17N5O/c1-4-5-9-6-11(14-2)18-13(17-9)10-7-12(19-3)16-8-15-10/h6-8H,4-5H2,1-3H3,(H,14,17,18). The third-order valence-corrected chi connectivity index (χ3v) is 2.62. The molecule has 2 heterocycles. The van der Waals surface area contributed by atoms with Crippen LogP contribution < -0.4 is 10.1 Å². The van der Waals surface area contributed by atoms with Gasteiger partial charge < -0.3 is 10.1 Å². The van der Waals surface area contributed by atoms with Crippen molar-refractivity contribution in [2.75, 3.05) is 19.5 Å². The van der Waals surface area contributed by atoms with Gasteiger partial charge in [-0.1, -0.05) is 13.3 Å². The molecule has 2 aromatic rings. The van der Waals surface area contributed by atoms with Crippen molar-refractivity contribution in [1.29, 1.82) is 0 Å². The Hall–Kier alpha value is -2.24. The van der Waals surface area contributed by atoms with Crippen molar-refractivity contribution in [3.8, 4) is 17.4 Å². The van der Waals surface area contributed by atoms with Gasteiger partial charge in [0.25, 0.3) is 0 Å².